The molecule has 0 radical (unpaired) electrons. The molecule has 2 aromatic carbocycles. The van der Waals surface area contributed by atoms with E-state index in [0.29, 0.717) is 17.7 Å². The van der Waals surface area contributed by atoms with E-state index < -0.39 is 19.9 Å². The number of sulfonamides is 1. The van der Waals surface area contributed by atoms with Crippen molar-refractivity contribution in [2.45, 2.75) is 17.7 Å². The van der Waals surface area contributed by atoms with Crippen LogP contribution in [0.4, 0.5) is 5.69 Å². The molecule has 24 heavy (non-hydrogen) atoms. The fourth-order valence-corrected chi connectivity index (χ4v) is 4.52. The number of allylic oxidation sites excluding steroid dienone is 1. The minimum atomic E-state index is -3.73. The summed E-state index contributed by atoms with van der Waals surface area (Å²) in [5, 5.41) is 0. The van der Waals surface area contributed by atoms with Crippen molar-refractivity contribution in [1.29, 1.82) is 0 Å². The Labute approximate surface area is 142 Å². The van der Waals surface area contributed by atoms with Gasteiger partial charge in [-0.15, -0.1) is 0 Å². The van der Waals surface area contributed by atoms with Crippen molar-refractivity contribution < 1.29 is 16.8 Å². The van der Waals surface area contributed by atoms with Crippen molar-refractivity contribution in [2.24, 2.45) is 0 Å². The van der Waals surface area contributed by atoms with Crippen molar-refractivity contribution in [3.8, 4) is 0 Å². The summed E-state index contributed by atoms with van der Waals surface area (Å²) in [6, 6.07) is 13.5. The third-order valence-electron chi connectivity index (χ3n) is 3.87. The van der Waals surface area contributed by atoms with Crippen molar-refractivity contribution >= 4 is 31.6 Å². The minimum Gasteiger partial charge on any atom is -0.280 e. The summed E-state index contributed by atoms with van der Waals surface area (Å²) in [7, 11) is -7.12. The maximum atomic E-state index is 12.6. The average Bonchev–Trinajstić information content (AvgIpc) is 2.53. The van der Waals surface area contributed by atoms with Crippen LogP contribution >= 0.6 is 0 Å². The third kappa shape index (κ3) is 3.52. The Morgan fingerprint density at radius 1 is 0.917 bits per heavy atom. The predicted octanol–water partition coefficient (Wildman–Crippen LogP) is 2.82. The number of sulfone groups is 1. The zero-order chi connectivity index (χ0) is 17.4. The molecule has 1 N–H and O–H groups in total. The van der Waals surface area contributed by atoms with Crippen LogP contribution in [0, 0.1) is 0 Å². The van der Waals surface area contributed by atoms with E-state index >= 15 is 0 Å². The zero-order valence-corrected chi connectivity index (χ0v) is 14.7. The van der Waals surface area contributed by atoms with Gasteiger partial charge in [0.15, 0.2) is 9.84 Å². The summed E-state index contributed by atoms with van der Waals surface area (Å²) in [5.41, 5.74) is 2.25. The molecule has 7 heteroatoms. The van der Waals surface area contributed by atoms with Gasteiger partial charge in [-0.1, -0.05) is 30.3 Å². The first-order valence-electron chi connectivity index (χ1n) is 7.37. The molecule has 2 aromatic rings. The normalized spacial score (nSPS) is 14.6. The van der Waals surface area contributed by atoms with E-state index in [1.807, 2.05) is 24.3 Å². The second kappa shape index (κ2) is 6.07. The number of benzene rings is 2. The molecule has 0 heterocycles. The summed E-state index contributed by atoms with van der Waals surface area (Å²) in [4.78, 5) is 0.372. The molecule has 0 amide bonds. The van der Waals surface area contributed by atoms with E-state index in [2.05, 4.69) is 4.72 Å². The van der Waals surface area contributed by atoms with Crippen LogP contribution in [0.2, 0.25) is 0 Å². The SMILES string of the molecule is CS(=O)(=O)c1cccc(NS(=O)(=O)C2=Cc3ccccc3CC2)c1. The predicted molar refractivity (Wildman–Crippen MR) is 94.8 cm³/mol. The van der Waals surface area contributed by atoms with Crippen LogP contribution in [0.25, 0.3) is 6.08 Å². The van der Waals surface area contributed by atoms with Gasteiger partial charge < -0.3 is 0 Å². The molecule has 0 spiro atoms. The van der Waals surface area contributed by atoms with E-state index in [4.69, 9.17) is 0 Å². The molecular weight excluding hydrogens is 346 g/mol. The molecule has 0 saturated heterocycles. The molecule has 0 aliphatic heterocycles. The lowest BCUT2D eigenvalue weighted by Crippen LogP contribution is -2.17. The molecule has 3 rings (SSSR count). The summed E-state index contributed by atoms with van der Waals surface area (Å²) in [6.07, 6.45) is 3.83. The van der Waals surface area contributed by atoms with Gasteiger partial charge in [-0.3, -0.25) is 4.72 Å². The van der Waals surface area contributed by atoms with Gasteiger partial charge in [-0.05, 0) is 48.2 Å². The number of anilines is 1. The third-order valence-corrected chi connectivity index (χ3v) is 6.50. The number of fused-ring (bicyclic) bond motifs is 1. The molecule has 0 unspecified atom stereocenters. The monoisotopic (exact) mass is 363 g/mol. The van der Waals surface area contributed by atoms with E-state index in [0.717, 1.165) is 17.4 Å². The maximum absolute atomic E-state index is 12.6. The highest BCUT2D eigenvalue weighted by Crippen LogP contribution is 2.28. The van der Waals surface area contributed by atoms with Gasteiger partial charge in [0.25, 0.3) is 10.0 Å². The first-order valence-corrected chi connectivity index (χ1v) is 10.7. The molecule has 0 fully saturated rings. The van der Waals surface area contributed by atoms with Crippen molar-refractivity contribution in [3.05, 3.63) is 64.6 Å². The van der Waals surface area contributed by atoms with Gasteiger partial charge in [0, 0.05) is 6.26 Å². The standard InChI is InChI=1S/C17H17NO4S2/c1-23(19,20)16-8-4-7-15(12-16)18-24(21,22)17-10-9-13-5-2-3-6-14(13)11-17/h2-8,11-12,18H,9-10H2,1H3. The fraction of sp³-hybridized carbons (Fsp3) is 0.176. The quantitative estimate of drug-likeness (QED) is 0.906. The summed E-state index contributed by atoms with van der Waals surface area (Å²) in [6.45, 7) is 0. The van der Waals surface area contributed by atoms with Gasteiger partial charge >= 0.3 is 0 Å². The van der Waals surface area contributed by atoms with Crippen molar-refractivity contribution in [2.75, 3.05) is 11.0 Å². The molecule has 0 bridgehead atoms. The van der Waals surface area contributed by atoms with Crippen LogP contribution < -0.4 is 4.72 Å². The summed E-state index contributed by atoms with van der Waals surface area (Å²) in [5.74, 6) is 0. The van der Waals surface area contributed by atoms with Gasteiger partial charge in [-0.25, -0.2) is 16.8 Å². The Morgan fingerprint density at radius 2 is 1.67 bits per heavy atom. The number of hydrogen-bond donors (Lipinski definition) is 1. The Bertz CT molecular complexity index is 1020. The van der Waals surface area contributed by atoms with Crippen LogP contribution in [0.5, 0.6) is 0 Å². The highest BCUT2D eigenvalue weighted by atomic mass is 32.2. The lowest BCUT2D eigenvalue weighted by molar-refractivity contribution is 0.600. The van der Waals surface area contributed by atoms with E-state index in [1.54, 1.807) is 6.08 Å². The maximum Gasteiger partial charge on any atom is 0.258 e. The minimum absolute atomic E-state index is 0.0747. The van der Waals surface area contributed by atoms with Crippen LogP contribution in [0.1, 0.15) is 17.5 Å². The molecule has 0 aromatic heterocycles. The number of aryl methyl sites for hydroxylation is 1. The highest BCUT2D eigenvalue weighted by Gasteiger charge is 2.22. The Balaban J connectivity index is 1.92. The molecule has 0 saturated carbocycles. The van der Waals surface area contributed by atoms with E-state index in [-0.39, 0.29) is 10.6 Å². The second-order valence-electron chi connectivity index (χ2n) is 5.71. The summed E-state index contributed by atoms with van der Waals surface area (Å²) >= 11 is 0. The number of rotatable bonds is 4. The zero-order valence-electron chi connectivity index (χ0n) is 13.1. The van der Waals surface area contributed by atoms with Crippen LogP contribution in [-0.2, 0) is 26.3 Å². The van der Waals surface area contributed by atoms with Gasteiger partial charge in [-0.2, -0.15) is 0 Å². The van der Waals surface area contributed by atoms with Crippen LogP contribution in [-0.4, -0.2) is 23.1 Å². The van der Waals surface area contributed by atoms with Crippen LogP contribution in [0.3, 0.4) is 0 Å². The lowest BCUT2D eigenvalue weighted by Gasteiger charge is -2.17. The Kier molecular flexibility index (Phi) is 4.23. The topological polar surface area (TPSA) is 80.3 Å². The van der Waals surface area contributed by atoms with Crippen molar-refractivity contribution in [1.82, 2.24) is 0 Å². The second-order valence-corrected chi connectivity index (χ2v) is 9.47. The highest BCUT2D eigenvalue weighted by molar-refractivity contribution is 7.96. The van der Waals surface area contributed by atoms with Crippen LogP contribution in [0.15, 0.2) is 58.3 Å². The van der Waals surface area contributed by atoms with E-state index in [1.165, 1.54) is 24.3 Å². The summed E-state index contributed by atoms with van der Waals surface area (Å²) < 4.78 is 50.9. The molecular formula is C17H17NO4S2. The van der Waals surface area contributed by atoms with E-state index in [9.17, 15) is 16.8 Å². The Morgan fingerprint density at radius 3 is 2.42 bits per heavy atom. The van der Waals surface area contributed by atoms with Gasteiger partial charge in [0.05, 0.1) is 15.5 Å². The number of nitrogens with one attached hydrogen (secondary N) is 1. The first kappa shape index (κ1) is 16.7. The fourth-order valence-electron chi connectivity index (χ4n) is 2.63. The number of hydrogen-bond acceptors (Lipinski definition) is 4. The lowest BCUT2D eigenvalue weighted by atomic mass is 9.98. The molecule has 1 aliphatic rings. The largest absolute Gasteiger partial charge is 0.280 e. The molecule has 5 nitrogen and oxygen atoms in total. The van der Waals surface area contributed by atoms with Crippen molar-refractivity contribution in [3.63, 3.8) is 0 Å². The van der Waals surface area contributed by atoms with Gasteiger partial charge in [0.1, 0.15) is 0 Å². The Hall–Kier alpha value is -2.12. The molecule has 1 aliphatic carbocycles. The van der Waals surface area contributed by atoms with Gasteiger partial charge in [0.2, 0.25) is 0 Å². The molecule has 0 atom stereocenters. The first-order chi connectivity index (χ1) is 11.3. The molecule has 126 valence electrons. The average molecular weight is 363 g/mol. The smallest absolute Gasteiger partial charge is 0.258 e.